The number of halogens is 1. The Kier molecular flexibility index (Phi) is 7.46. The zero-order valence-electron chi connectivity index (χ0n) is 20.4. The second-order valence-corrected chi connectivity index (χ2v) is 9.14. The van der Waals surface area contributed by atoms with Crippen LogP contribution >= 0.6 is 0 Å². The Labute approximate surface area is 206 Å². The van der Waals surface area contributed by atoms with Gasteiger partial charge >= 0.3 is 0 Å². The first-order chi connectivity index (χ1) is 16.8. The van der Waals surface area contributed by atoms with Gasteiger partial charge in [-0.2, -0.15) is 0 Å². The molecule has 1 aliphatic heterocycles. The minimum absolute atomic E-state index is 0.127. The van der Waals surface area contributed by atoms with Crippen LogP contribution in [0.2, 0.25) is 0 Å². The van der Waals surface area contributed by atoms with Gasteiger partial charge in [-0.3, -0.25) is 9.59 Å². The molecule has 2 amide bonds. The van der Waals surface area contributed by atoms with Crippen molar-refractivity contribution in [2.45, 2.75) is 18.9 Å². The van der Waals surface area contributed by atoms with E-state index >= 15 is 0 Å². The van der Waals surface area contributed by atoms with Crippen molar-refractivity contribution < 1.29 is 14.0 Å². The van der Waals surface area contributed by atoms with Crippen molar-refractivity contribution in [3.8, 4) is 0 Å². The highest BCUT2D eigenvalue weighted by Crippen LogP contribution is 2.29. The lowest BCUT2D eigenvalue weighted by atomic mass is 10.1. The van der Waals surface area contributed by atoms with Crippen LogP contribution in [0.5, 0.6) is 0 Å². The number of nitrogens with one attached hydrogen (secondary N) is 1. The Morgan fingerprint density at radius 1 is 1.00 bits per heavy atom. The van der Waals surface area contributed by atoms with Gasteiger partial charge < -0.3 is 20.0 Å². The van der Waals surface area contributed by atoms with Gasteiger partial charge in [0, 0.05) is 43.1 Å². The van der Waals surface area contributed by atoms with Crippen molar-refractivity contribution in [2.24, 2.45) is 0 Å². The monoisotopic (exact) mass is 474 g/mol. The van der Waals surface area contributed by atoms with Gasteiger partial charge in [-0.05, 0) is 68.5 Å². The summed E-state index contributed by atoms with van der Waals surface area (Å²) in [5.74, 6) is -0.718. The van der Waals surface area contributed by atoms with Crippen LogP contribution in [0.3, 0.4) is 0 Å². The molecule has 1 fully saturated rings. The average molecular weight is 475 g/mol. The van der Waals surface area contributed by atoms with Gasteiger partial charge in [-0.15, -0.1) is 0 Å². The van der Waals surface area contributed by atoms with E-state index in [1.54, 1.807) is 43.4 Å². The van der Waals surface area contributed by atoms with Gasteiger partial charge in [0.2, 0.25) is 5.91 Å². The number of anilines is 3. The first-order valence-corrected chi connectivity index (χ1v) is 11.7. The van der Waals surface area contributed by atoms with Crippen molar-refractivity contribution in [1.82, 2.24) is 4.90 Å². The lowest BCUT2D eigenvalue weighted by Crippen LogP contribution is -2.31. The minimum atomic E-state index is -0.335. The summed E-state index contributed by atoms with van der Waals surface area (Å²) < 4.78 is 15.0. The van der Waals surface area contributed by atoms with Crippen molar-refractivity contribution >= 4 is 28.9 Å². The molecule has 182 valence electrons. The van der Waals surface area contributed by atoms with Crippen molar-refractivity contribution in [1.29, 1.82) is 0 Å². The van der Waals surface area contributed by atoms with Crippen LogP contribution in [0.4, 0.5) is 21.5 Å². The number of hydrogen-bond acceptors (Lipinski definition) is 4. The van der Waals surface area contributed by atoms with E-state index in [4.69, 9.17) is 0 Å². The Balaban J connectivity index is 1.38. The highest BCUT2D eigenvalue weighted by atomic mass is 19.1. The molecule has 0 bridgehead atoms. The molecule has 1 aliphatic rings. The zero-order chi connectivity index (χ0) is 24.9. The summed E-state index contributed by atoms with van der Waals surface area (Å²) in [4.78, 5) is 30.9. The predicted molar refractivity (Wildman–Crippen MR) is 139 cm³/mol. The number of amides is 2. The van der Waals surface area contributed by atoms with Gasteiger partial charge in [-0.25, -0.2) is 4.39 Å². The minimum Gasteiger partial charge on any atom is -0.368 e. The average Bonchev–Trinajstić information content (AvgIpc) is 3.34. The van der Waals surface area contributed by atoms with Gasteiger partial charge in [0.25, 0.3) is 5.91 Å². The van der Waals surface area contributed by atoms with E-state index < -0.39 is 0 Å². The van der Waals surface area contributed by atoms with E-state index in [2.05, 4.69) is 15.1 Å². The van der Waals surface area contributed by atoms with Gasteiger partial charge in [-0.1, -0.05) is 30.3 Å². The predicted octanol–water partition coefficient (Wildman–Crippen LogP) is 4.42. The summed E-state index contributed by atoms with van der Waals surface area (Å²) in [6.07, 6.45) is 1.27. The van der Waals surface area contributed by atoms with Crippen LogP contribution in [0.1, 0.15) is 22.3 Å². The molecule has 35 heavy (non-hydrogen) atoms. The zero-order valence-corrected chi connectivity index (χ0v) is 20.4. The highest BCUT2D eigenvalue weighted by molar-refractivity contribution is 6.06. The van der Waals surface area contributed by atoms with E-state index in [0.717, 1.165) is 25.1 Å². The summed E-state index contributed by atoms with van der Waals surface area (Å²) in [6, 6.07) is 21.6. The molecule has 0 saturated carbocycles. The molecule has 1 atom stereocenters. The van der Waals surface area contributed by atoms with Crippen LogP contribution in [0, 0.1) is 5.82 Å². The number of nitrogens with zero attached hydrogens (tertiary/aromatic N) is 3. The maximum absolute atomic E-state index is 15.0. The van der Waals surface area contributed by atoms with Gasteiger partial charge in [0.05, 0.1) is 12.1 Å². The Hall–Kier alpha value is -3.71. The molecule has 6 nitrogen and oxygen atoms in total. The SMILES string of the molecule is CN(C(=O)c1ccc(NC(=O)Cc2ccccc2)cc1)c1ccc(N2CCC(N(C)C)C2)c(F)c1. The molecule has 1 N–H and O–H groups in total. The van der Waals surface area contributed by atoms with Crippen LogP contribution in [-0.2, 0) is 11.2 Å². The molecular formula is C28H31FN4O2. The van der Waals surface area contributed by atoms with Crippen molar-refractivity contribution in [2.75, 3.05) is 49.3 Å². The third-order valence-electron chi connectivity index (χ3n) is 6.48. The van der Waals surface area contributed by atoms with E-state index in [0.29, 0.717) is 28.7 Å². The first kappa shape index (κ1) is 24.4. The molecule has 0 spiro atoms. The van der Waals surface area contributed by atoms with Crippen LogP contribution in [-0.4, -0.2) is 57.0 Å². The van der Waals surface area contributed by atoms with Gasteiger partial charge in [0.1, 0.15) is 5.82 Å². The Morgan fingerprint density at radius 3 is 2.34 bits per heavy atom. The number of rotatable bonds is 7. The third kappa shape index (κ3) is 5.87. The van der Waals surface area contributed by atoms with E-state index in [1.165, 1.54) is 11.0 Å². The maximum atomic E-state index is 15.0. The number of benzene rings is 3. The molecule has 1 unspecified atom stereocenters. The van der Waals surface area contributed by atoms with Crippen LogP contribution < -0.4 is 15.1 Å². The molecule has 1 heterocycles. The van der Waals surface area contributed by atoms with E-state index in [9.17, 15) is 14.0 Å². The van der Waals surface area contributed by atoms with E-state index in [-0.39, 0.29) is 24.1 Å². The van der Waals surface area contributed by atoms with Gasteiger partial charge in [0.15, 0.2) is 0 Å². The Bertz CT molecular complexity index is 1180. The summed E-state index contributed by atoms with van der Waals surface area (Å²) in [6.45, 7) is 1.59. The van der Waals surface area contributed by atoms with E-state index in [1.807, 2.05) is 44.4 Å². The molecule has 0 radical (unpaired) electrons. The first-order valence-electron chi connectivity index (χ1n) is 11.7. The quantitative estimate of drug-likeness (QED) is 0.551. The second-order valence-electron chi connectivity index (χ2n) is 9.14. The van der Waals surface area contributed by atoms with Crippen molar-refractivity contribution in [3.05, 3.63) is 89.7 Å². The number of carbonyl (C=O) groups excluding carboxylic acids is 2. The molecule has 0 aromatic heterocycles. The standard InChI is InChI=1S/C28H31FN4O2/c1-31(2)24-15-16-33(19-24)26-14-13-23(18-25(26)29)32(3)28(35)21-9-11-22(12-10-21)30-27(34)17-20-7-5-4-6-8-20/h4-14,18,24H,15-17,19H2,1-3H3,(H,30,34). The molecule has 1 saturated heterocycles. The van der Waals surface area contributed by atoms with Crippen LogP contribution in [0.15, 0.2) is 72.8 Å². The normalized spacial score (nSPS) is 15.3. The lowest BCUT2D eigenvalue weighted by Gasteiger charge is -2.24. The smallest absolute Gasteiger partial charge is 0.258 e. The highest BCUT2D eigenvalue weighted by Gasteiger charge is 2.26. The molecule has 7 heteroatoms. The van der Waals surface area contributed by atoms with Crippen LogP contribution in [0.25, 0.3) is 0 Å². The fourth-order valence-electron chi connectivity index (χ4n) is 4.34. The summed E-state index contributed by atoms with van der Waals surface area (Å²) in [5, 5.41) is 2.85. The fraction of sp³-hybridized carbons (Fsp3) is 0.286. The lowest BCUT2D eigenvalue weighted by molar-refractivity contribution is -0.115. The Morgan fingerprint density at radius 2 is 1.71 bits per heavy atom. The molecular weight excluding hydrogens is 443 g/mol. The molecule has 4 rings (SSSR count). The molecule has 3 aromatic rings. The largest absolute Gasteiger partial charge is 0.368 e. The number of hydrogen-bond donors (Lipinski definition) is 1. The topological polar surface area (TPSA) is 55.9 Å². The summed E-state index contributed by atoms with van der Waals surface area (Å²) >= 11 is 0. The summed E-state index contributed by atoms with van der Waals surface area (Å²) in [5.41, 5.74) is 3.04. The fourth-order valence-corrected chi connectivity index (χ4v) is 4.34. The molecule has 3 aromatic carbocycles. The number of likely N-dealkylation sites (N-methyl/N-ethyl adjacent to an activating group) is 1. The number of carbonyl (C=O) groups is 2. The maximum Gasteiger partial charge on any atom is 0.258 e. The summed E-state index contributed by atoms with van der Waals surface area (Å²) in [7, 11) is 5.71. The molecule has 0 aliphatic carbocycles. The van der Waals surface area contributed by atoms with Crippen molar-refractivity contribution in [3.63, 3.8) is 0 Å². The third-order valence-corrected chi connectivity index (χ3v) is 6.48. The second kappa shape index (κ2) is 10.7.